The Hall–Kier alpha value is -2.79. The van der Waals surface area contributed by atoms with Gasteiger partial charge in [-0.05, 0) is 36.3 Å². The minimum Gasteiger partial charge on any atom is -0.377 e. The Morgan fingerprint density at radius 3 is 2.52 bits per heavy atom. The highest BCUT2D eigenvalue weighted by atomic mass is 16.5. The summed E-state index contributed by atoms with van der Waals surface area (Å²) in [6.07, 6.45) is 11.6. The van der Waals surface area contributed by atoms with E-state index in [2.05, 4.69) is 21.4 Å². The van der Waals surface area contributed by atoms with Crippen molar-refractivity contribution in [3.8, 4) is 0 Å². The van der Waals surface area contributed by atoms with Crippen LogP contribution in [0.5, 0.6) is 0 Å². The summed E-state index contributed by atoms with van der Waals surface area (Å²) >= 11 is 0. The van der Waals surface area contributed by atoms with Crippen LogP contribution in [0.25, 0.3) is 5.57 Å². The molecule has 1 aliphatic rings. The van der Waals surface area contributed by atoms with E-state index in [0.717, 1.165) is 29.5 Å². The van der Waals surface area contributed by atoms with Crippen molar-refractivity contribution in [2.24, 2.45) is 0 Å². The van der Waals surface area contributed by atoms with Crippen molar-refractivity contribution in [3.63, 3.8) is 0 Å². The third-order valence-electron chi connectivity index (χ3n) is 3.65. The molecule has 116 valence electrons. The maximum absolute atomic E-state index is 10.6. The van der Waals surface area contributed by atoms with E-state index < -0.39 is 0 Å². The van der Waals surface area contributed by atoms with Crippen LogP contribution in [0, 0.1) is 0 Å². The number of aromatic nitrogens is 2. The van der Waals surface area contributed by atoms with E-state index >= 15 is 0 Å². The van der Waals surface area contributed by atoms with Crippen LogP contribution < -0.4 is 5.32 Å². The molecule has 2 aromatic rings. The number of carbonyl (C=O) groups excluding carboxylic acids is 1. The number of carbonyl (C=O) groups is 1. The van der Waals surface area contributed by atoms with Gasteiger partial charge < -0.3 is 10.1 Å². The Morgan fingerprint density at radius 1 is 1.22 bits per heavy atom. The molecule has 0 amide bonds. The van der Waals surface area contributed by atoms with E-state index in [0.29, 0.717) is 11.5 Å². The van der Waals surface area contributed by atoms with Crippen molar-refractivity contribution in [2.45, 2.75) is 12.5 Å². The lowest BCUT2D eigenvalue weighted by atomic mass is 10.0. The highest BCUT2D eigenvalue weighted by molar-refractivity contribution is 5.76. The quantitative estimate of drug-likeness (QED) is 0.858. The van der Waals surface area contributed by atoms with Gasteiger partial charge in [-0.15, -0.1) is 0 Å². The Labute approximate surface area is 134 Å². The van der Waals surface area contributed by atoms with Crippen molar-refractivity contribution < 1.29 is 9.53 Å². The van der Waals surface area contributed by atoms with E-state index in [-0.39, 0.29) is 6.10 Å². The first-order valence-electron chi connectivity index (χ1n) is 7.34. The molecule has 1 aromatic carbocycles. The Balaban J connectivity index is 1.68. The molecule has 1 unspecified atom stereocenters. The van der Waals surface area contributed by atoms with Crippen molar-refractivity contribution in [1.29, 1.82) is 0 Å². The highest BCUT2D eigenvalue weighted by Gasteiger charge is 2.09. The standard InChI is InChI=1S/C18H17N3O2/c1-23-17-8-4-14(5-9-17)15-10-19-18(20-11-15)21-16-6-2-13(12-22)3-7-16/h2-8,10-12,17H,9H2,1H3,(H,19,20,21). The van der Waals surface area contributed by atoms with Crippen LogP contribution in [0.1, 0.15) is 22.3 Å². The monoisotopic (exact) mass is 307 g/mol. The van der Waals surface area contributed by atoms with Crippen LogP contribution in [0.2, 0.25) is 0 Å². The SMILES string of the molecule is COC1C=CC(c2cnc(Nc3ccc(C=O)cc3)nc2)=CC1. The minimum absolute atomic E-state index is 0.148. The first-order valence-corrected chi connectivity index (χ1v) is 7.34. The third kappa shape index (κ3) is 3.70. The van der Waals surface area contributed by atoms with Crippen LogP contribution in [0.4, 0.5) is 11.6 Å². The lowest BCUT2D eigenvalue weighted by molar-refractivity contribution is 0.112. The summed E-state index contributed by atoms with van der Waals surface area (Å²) in [6, 6.07) is 7.12. The lowest BCUT2D eigenvalue weighted by Gasteiger charge is -2.14. The van der Waals surface area contributed by atoms with Gasteiger partial charge >= 0.3 is 0 Å². The Bertz CT molecular complexity index is 734. The molecule has 1 N–H and O–H groups in total. The number of rotatable bonds is 5. The molecule has 1 atom stereocenters. The van der Waals surface area contributed by atoms with Gasteiger partial charge in [0.1, 0.15) is 6.29 Å². The fourth-order valence-electron chi connectivity index (χ4n) is 2.31. The number of hydrogen-bond donors (Lipinski definition) is 1. The predicted molar refractivity (Wildman–Crippen MR) is 89.7 cm³/mol. The van der Waals surface area contributed by atoms with Gasteiger partial charge in [0.25, 0.3) is 0 Å². The molecule has 0 radical (unpaired) electrons. The van der Waals surface area contributed by atoms with Gasteiger partial charge in [-0.3, -0.25) is 4.79 Å². The van der Waals surface area contributed by atoms with Crippen LogP contribution in [-0.2, 0) is 4.74 Å². The van der Waals surface area contributed by atoms with Crippen molar-refractivity contribution in [3.05, 3.63) is 66.0 Å². The van der Waals surface area contributed by atoms with Crippen LogP contribution in [-0.4, -0.2) is 29.5 Å². The third-order valence-corrected chi connectivity index (χ3v) is 3.65. The van der Waals surface area contributed by atoms with Gasteiger partial charge in [0.05, 0.1) is 6.10 Å². The van der Waals surface area contributed by atoms with Gasteiger partial charge in [0, 0.05) is 36.3 Å². The number of benzene rings is 1. The summed E-state index contributed by atoms with van der Waals surface area (Å²) in [7, 11) is 1.71. The van der Waals surface area contributed by atoms with Crippen molar-refractivity contribution in [2.75, 3.05) is 12.4 Å². The molecule has 0 bridgehead atoms. The maximum Gasteiger partial charge on any atom is 0.227 e. The van der Waals surface area contributed by atoms with Gasteiger partial charge in [0.2, 0.25) is 5.95 Å². The van der Waals surface area contributed by atoms with E-state index in [4.69, 9.17) is 4.74 Å². The summed E-state index contributed by atoms with van der Waals surface area (Å²) in [5.41, 5.74) is 3.54. The Kier molecular flexibility index (Phi) is 4.59. The molecule has 5 nitrogen and oxygen atoms in total. The molecule has 23 heavy (non-hydrogen) atoms. The zero-order valence-corrected chi connectivity index (χ0v) is 12.8. The van der Waals surface area contributed by atoms with E-state index in [9.17, 15) is 4.79 Å². The normalized spacial score (nSPS) is 16.7. The number of hydrogen-bond acceptors (Lipinski definition) is 5. The summed E-state index contributed by atoms with van der Waals surface area (Å²) < 4.78 is 5.28. The molecule has 5 heteroatoms. The van der Waals surface area contributed by atoms with Gasteiger partial charge in [0.15, 0.2) is 0 Å². The largest absolute Gasteiger partial charge is 0.377 e. The summed E-state index contributed by atoms with van der Waals surface area (Å²) in [4.78, 5) is 19.3. The summed E-state index contributed by atoms with van der Waals surface area (Å²) in [6.45, 7) is 0. The maximum atomic E-state index is 10.6. The van der Waals surface area contributed by atoms with E-state index in [1.54, 1.807) is 31.6 Å². The predicted octanol–water partition coefficient (Wildman–Crippen LogP) is 3.39. The second-order valence-corrected chi connectivity index (χ2v) is 5.19. The molecular weight excluding hydrogens is 290 g/mol. The summed E-state index contributed by atoms with van der Waals surface area (Å²) in [5, 5.41) is 3.11. The van der Waals surface area contributed by atoms with Gasteiger partial charge in [-0.2, -0.15) is 0 Å². The highest BCUT2D eigenvalue weighted by Crippen LogP contribution is 2.22. The Morgan fingerprint density at radius 2 is 1.96 bits per heavy atom. The average molecular weight is 307 g/mol. The van der Waals surface area contributed by atoms with Crippen molar-refractivity contribution in [1.82, 2.24) is 9.97 Å². The molecule has 1 aliphatic carbocycles. The molecular formula is C18H17N3O2. The molecule has 0 fully saturated rings. The van der Waals surface area contributed by atoms with Crippen LogP contribution >= 0.6 is 0 Å². The van der Waals surface area contributed by atoms with Crippen LogP contribution in [0.3, 0.4) is 0 Å². The number of nitrogens with one attached hydrogen (secondary N) is 1. The second-order valence-electron chi connectivity index (χ2n) is 5.19. The molecule has 0 aliphatic heterocycles. The van der Waals surface area contributed by atoms with Crippen LogP contribution in [0.15, 0.2) is 54.9 Å². The topological polar surface area (TPSA) is 64.1 Å². The summed E-state index contributed by atoms with van der Waals surface area (Å²) in [5.74, 6) is 0.516. The zero-order valence-electron chi connectivity index (χ0n) is 12.8. The number of methoxy groups -OCH3 is 1. The van der Waals surface area contributed by atoms with E-state index in [1.165, 1.54) is 0 Å². The molecule has 3 rings (SSSR count). The molecule has 1 aromatic heterocycles. The number of aldehydes is 1. The molecule has 0 saturated heterocycles. The fraction of sp³-hybridized carbons (Fsp3) is 0.167. The lowest BCUT2D eigenvalue weighted by Crippen LogP contribution is -2.08. The number of anilines is 2. The smallest absolute Gasteiger partial charge is 0.227 e. The average Bonchev–Trinajstić information content (AvgIpc) is 2.63. The molecule has 1 heterocycles. The number of ether oxygens (including phenoxy) is 1. The zero-order chi connectivity index (χ0) is 16.1. The van der Waals surface area contributed by atoms with Gasteiger partial charge in [-0.1, -0.05) is 18.2 Å². The minimum atomic E-state index is 0.148. The first-order chi connectivity index (χ1) is 11.3. The molecule has 0 spiro atoms. The van der Waals surface area contributed by atoms with E-state index in [1.807, 2.05) is 24.3 Å². The first kappa shape index (κ1) is 15.1. The van der Waals surface area contributed by atoms with Crippen molar-refractivity contribution >= 4 is 23.5 Å². The number of allylic oxidation sites excluding steroid dienone is 2. The molecule has 0 saturated carbocycles. The number of nitrogens with zero attached hydrogens (tertiary/aromatic N) is 2. The van der Waals surface area contributed by atoms with Gasteiger partial charge in [-0.25, -0.2) is 9.97 Å². The second kappa shape index (κ2) is 6.98. The fourth-order valence-corrected chi connectivity index (χ4v) is 2.31.